The van der Waals surface area contributed by atoms with Crippen LogP contribution in [0.4, 0.5) is 8.78 Å². The summed E-state index contributed by atoms with van der Waals surface area (Å²) in [6.07, 6.45) is 1.20. The predicted molar refractivity (Wildman–Crippen MR) is 138 cm³/mol. The molecule has 0 aromatic heterocycles. The molecule has 3 aromatic rings. The fraction of sp³-hybridized carbons (Fsp3) is 0.367. The molecule has 1 aliphatic heterocycles. The van der Waals surface area contributed by atoms with E-state index < -0.39 is 11.6 Å². The number of nitrogens with one attached hydrogen (secondary N) is 1. The maximum atomic E-state index is 14.4. The molecular formula is C30H34F2N2O2. The second-order valence-electron chi connectivity index (χ2n) is 10.4. The average molecular weight is 493 g/mol. The van der Waals surface area contributed by atoms with Crippen molar-refractivity contribution < 1.29 is 18.3 Å². The third-order valence-corrected chi connectivity index (χ3v) is 6.89. The van der Waals surface area contributed by atoms with Gasteiger partial charge in [-0.1, -0.05) is 69.3 Å². The van der Waals surface area contributed by atoms with Gasteiger partial charge < -0.3 is 9.64 Å². The summed E-state index contributed by atoms with van der Waals surface area (Å²) >= 11 is 0. The molecule has 36 heavy (non-hydrogen) atoms. The summed E-state index contributed by atoms with van der Waals surface area (Å²) in [5.41, 5.74) is 3.45. The molecule has 4 rings (SSSR count). The Morgan fingerprint density at radius 3 is 2.42 bits per heavy atom. The van der Waals surface area contributed by atoms with E-state index in [2.05, 4.69) is 38.2 Å². The molecule has 190 valence electrons. The molecule has 4 nitrogen and oxygen atoms in total. The predicted octanol–water partition coefficient (Wildman–Crippen LogP) is 6.29. The second-order valence-corrected chi connectivity index (χ2v) is 10.4. The van der Waals surface area contributed by atoms with Gasteiger partial charge in [0, 0.05) is 18.2 Å². The summed E-state index contributed by atoms with van der Waals surface area (Å²) in [7, 11) is 1.66. The van der Waals surface area contributed by atoms with Crippen LogP contribution in [-0.2, 0) is 23.2 Å². The van der Waals surface area contributed by atoms with Crippen molar-refractivity contribution in [2.24, 2.45) is 0 Å². The van der Waals surface area contributed by atoms with Crippen molar-refractivity contribution in [1.82, 2.24) is 10.2 Å². The minimum absolute atomic E-state index is 0.00594. The number of benzene rings is 3. The topological polar surface area (TPSA) is 41.6 Å². The first-order chi connectivity index (χ1) is 17.2. The van der Waals surface area contributed by atoms with Gasteiger partial charge in [0.1, 0.15) is 17.4 Å². The van der Waals surface area contributed by atoms with Crippen LogP contribution in [0, 0.1) is 11.6 Å². The van der Waals surface area contributed by atoms with Crippen LogP contribution in [0.5, 0.6) is 5.75 Å². The summed E-state index contributed by atoms with van der Waals surface area (Å²) < 4.78 is 33.4. The van der Waals surface area contributed by atoms with Crippen LogP contribution in [0.15, 0.2) is 66.7 Å². The highest BCUT2D eigenvalue weighted by molar-refractivity contribution is 5.80. The fourth-order valence-electron chi connectivity index (χ4n) is 4.89. The van der Waals surface area contributed by atoms with Gasteiger partial charge in [-0.3, -0.25) is 10.1 Å². The number of carbonyl (C=O) groups excluding carboxylic acids is 1. The third kappa shape index (κ3) is 5.76. The molecule has 1 aliphatic rings. The summed E-state index contributed by atoms with van der Waals surface area (Å²) in [5.74, 6) is -0.760. The van der Waals surface area contributed by atoms with Crippen molar-refractivity contribution in [3.8, 4) is 5.75 Å². The van der Waals surface area contributed by atoms with Crippen molar-refractivity contribution in [2.45, 2.75) is 64.2 Å². The van der Waals surface area contributed by atoms with Crippen molar-refractivity contribution >= 4 is 5.91 Å². The second kappa shape index (κ2) is 10.8. The van der Waals surface area contributed by atoms with Crippen LogP contribution < -0.4 is 10.1 Å². The van der Waals surface area contributed by atoms with Gasteiger partial charge >= 0.3 is 0 Å². The Bertz CT molecular complexity index is 1210. The largest absolute Gasteiger partial charge is 0.496 e. The number of halogens is 2. The summed E-state index contributed by atoms with van der Waals surface area (Å²) in [6.45, 7) is 7.03. The SMILES string of the molecule is COc1ccc(C(C)(C)C)cc1CNC1CCC(c2ccccc2)N1C(=O)Cc1ccc(F)cc1F. The molecule has 1 saturated heterocycles. The van der Waals surface area contributed by atoms with Crippen molar-refractivity contribution in [2.75, 3.05) is 7.11 Å². The van der Waals surface area contributed by atoms with Gasteiger partial charge in [0.25, 0.3) is 0 Å². The van der Waals surface area contributed by atoms with Gasteiger partial charge in [0.2, 0.25) is 5.91 Å². The lowest BCUT2D eigenvalue weighted by molar-refractivity contribution is -0.134. The van der Waals surface area contributed by atoms with Crippen molar-refractivity contribution in [3.05, 3.63) is 101 Å². The number of amides is 1. The van der Waals surface area contributed by atoms with Gasteiger partial charge in [0.05, 0.1) is 25.7 Å². The van der Waals surface area contributed by atoms with Crippen molar-refractivity contribution in [1.29, 1.82) is 0 Å². The number of rotatable bonds is 7. The number of methoxy groups -OCH3 is 1. The zero-order chi connectivity index (χ0) is 25.9. The first kappa shape index (κ1) is 25.8. The fourth-order valence-corrected chi connectivity index (χ4v) is 4.89. The molecule has 1 N–H and O–H groups in total. The maximum Gasteiger partial charge on any atom is 0.228 e. The molecule has 0 bridgehead atoms. The quantitative estimate of drug-likeness (QED) is 0.421. The Morgan fingerprint density at radius 1 is 1.00 bits per heavy atom. The smallest absolute Gasteiger partial charge is 0.228 e. The number of carbonyl (C=O) groups is 1. The van der Waals surface area contributed by atoms with E-state index in [1.807, 2.05) is 41.3 Å². The van der Waals surface area contributed by atoms with Crippen LogP contribution in [0.2, 0.25) is 0 Å². The van der Waals surface area contributed by atoms with Crippen LogP contribution in [-0.4, -0.2) is 24.1 Å². The Hall–Kier alpha value is -3.25. The summed E-state index contributed by atoms with van der Waals surface area (Å²) in [5, 5.41) is 3.56. The molecule has 0 radical (unpaired) electrons. The molecule has 0 aliphatic carbocycles. The monoisotopic (exact) mass is 492 g/mol. The normalized spacial score (nSPS) is 17.9. The van der Waals surface area contributed by atoms with E-state index in [0.29, 0.717) is 6.54 Å². The summed E-state index contributed by atoms with van der Waals surface area (Å²) in [4.78, 5) is 15.4. The van der Waals surface area contributed by atoms with E-state index >= 15 is 0 Å². The lowest BCUT2D eigenvalue weighted by atomic mass is 9.86. The van der Waals surface area contributed by atoms with Gasteiger partial charge in [-0.05, 0) is 47.1 Å². The summed E-state index contributed by atoms with van der Waals surface area (Å²) in [6, 6.07) is 19.4. The molecule has 2 unspecified atom stereocenters. The molecule has 0 saturated carbocycles. The highest BCUT2D eigenvalue weighted by Crippen LogP contribution is 2.36. The van der Waals surface area contributed by atoms with Crippen LogP contribution in [0.1, 0.15) is 61.9 Å². The van der Waals surface area contributed by atoms with Crippen LogP contribution >= 0.6 is 0 Å². The lowest BCUT2D eigenvalue weighted by Gasteiger charge is -2.32. The minimum atomic E-state index is -0.702. The molecule has 6 heteroatoms. The zero-order valence-electron chi connectivity index (χ0n) is 21.4. The Kier molecular flexibility index (Phi) is 7.74. The number of hydrogen-bond acceptors (Lipinski definition) is 3. The number of ether oxygens (including phenoxy) is 1. The Morgan fingerprint density at radius 2 is 1.75 bits per heavy atom. The molecule has 1 amide bonds. The van der Waals surface area contributed by atoms with Gasteiger partial charge in [0.15, 0.2) is 0 Å². The minimum Gasteiger partial charge on any atom is -0.496 e. The Labute approximate surface area is 212 Å². The maximum absolute atomic E-state index is 14.4. The van der Waals surface area contributed by atoms with E-state index in [1.54, 1.807) is 7.11 Å². The van der Waals surface area contributed by atoms with Crippen molar-refractivity contribution in [3.63, 3.8) is 0 Å². The van der Waals surface area contributed by atoms with Gasteiger partial charge in [-0.25, -0.2) is 8.78 Å². The number of hydrogen-bond donors (Lipinski definition) is 1. The van der Waals surface area contributed by atoms with E-state index in [4.69, 9.17) is 4.74 Å². The van der Waals surface area contributed by atoms with Crippen LogP contribution in [0.3, 0.4) is 0 Å². The molecule has 3 aromatic carbocycles. The average Bonchev–Trinajstić information content (AvgIpc) is 3.28. The highest BCUT2D eigenvalue weighted by Gasteiger charge is 2.37. The molecule has 0 spiro atoms. The number of nitrogens with zero attached hydrogens (tertiary/aromatic N) is 1. The van der Waals surface area contributed by atoms with Gasteiger partial charge in [-0.2, -0.15) is 0 Å². The first-order valence-electron chi connectivity index (χ1n) is 12.4. The molecular weight excluding hydrogens is 458 g/mol. The lowest BCUT2D eigenvalue weighted by Crippen LogP contribution is -2.46. The third-order valence-electron chi connectivity index (χ3n) is 6.89. The van der Waals surface area contributed by atoms with E-state index in [9.17, 15) is 13.6 Å². The van der Waals surface area contributed by atoms with E-state index in [-0.39, 0.29) is 35.5 Å². The Balaban J connectivity index is 1.59. The molecule has 1 fully saturated rings. The van der Waals surface area contributed by atoms with Crippen LogP contribution in [0.25, 0.3) is 0 Å². The first-order valence-corrected chi connectivity index (χ1v) is 12.4. The molecule has 2 atom stereocenters. The highest BCUT2D eigenvalue weighted by atomic mass is 19.1. The van der Waals surface area contributed by atoms with Gasteiger partial charge in [-0.15, -0.1) is 0 Å². The van der Waals surface area contributed by atoms with E-state index in [0.717, 1.165) is 35.8 Å². The molecule has 1 heterocycles. The number of likely N-dealkylation sites (tertiary alicyclic amines) is 1. The van der Waals surface area contributed by atoms with E-state index in [1.165, 1.54) is 17.7 Å². The zero-order valence-corrected chi connectivity index (χ0v) is 21.4. The standard InChI is InChI=1S/C30H34F2N2O2/c1-30(2,3)23-11-14-27(36-4)22(16-23)19-33-28-15-13-26(20-8-6-5-7-9-20)34(28)29(35)17-21-10-12-24(31)18-25(21)32/h5-12,14,16,18,26,28,33H,13,15,17,19H2,1-4H3.